The van der Waals surface area contributed by atoms with Gasteiger partial charge >= 0.3 is 5.97 Å². The number of hydrogen-bond donors (Lipinski definition) is 3. The summed E-state index contributed by atoms with van der Waals surface area (Å²) in [7, 11) is 0. The maximum atomic E-state index is 13.2. The molecule has 1 aliphatic rings. The quantitative estimate of drug-likeness (QED) is 0.385. The smallest absolute Gasteiger partial charge is 0.316 e. The molecule has 1 aliphatic heterocycles. The summed E-state index contributed by atoms with van der Waals surface area (Å²) >= 11 is 0. The van der Waals surface area contributed by atoms with Crippen molar-refractivity contribution in [2.24, 2.45) is 17.1 Å². The van der Waals surface area contributed by atoms with E-state index in [0.717, 1.165) is 28.6 Å². The molecule has 3 atom stereocenters. The van der Waals surface area contributed by atoms with Crippen molar-refractivity contribution in [3.63, 3.8) is 0 Å². The number of nitrogens with zero attached hydrogens (tertiary/aromatic N) is 2. The van der Waals surface area contributed by atoms with Gasteiger partial charge in [0.05, 0.1) is 10.9 Å². The average molecular weight is 552 g/mol. The Kier molecular flexibility index (Phi) is 10.0. The first-order valence-electron chi connectivity index (χ1n) is 13.8. The monoisotopic (exact) mass is 551 g/mol. The molecule has 10 heteroatoms. The largest absolute Gasteiger partial charge is 0.451 e. The molecule has 1 aromatic carbocycles. The summed E-state index contributed by atoms with van der Waals surface area (Å²) in [5.74, 6) is -2.42. The number of pyridine rings is 1. The normalized spacial score (nSPS) is 17.6. The van der Waals surface area contributed by atoms with Crippen molar-refractivity contribution < 1.29 is 23.9 Å². The first-order chi connectivity index (χ1) is 18.8. The molecule has 0 bridgehead atoms. The lowest BCUT2D eigenvalue weighted by Gasteiger charge is -2.34. The second-order valence-corrected chi connectivity index (χ2v) is 11.2. The van der Waals surface area contributed by atoms with Crippen LogP contribution in [0.15, 0.2) is 36.4 Å². The number of primary amides is 1. The Hall–Kier alpha value is -3.79. The van der Waals surface area contributed by atoms with Crippen molar-refractivity contribution >= 4 is 40.7 Å². The fourth-order valence-corrected chi connectivity index (χ4v) is 4.35. The van der Waals surface area contributed by atoms with Gasteiger partial charge in [-0.3, -0.25) is 29.2 Å². The zero-order valence-electron chi connectivity index (χ0n) is 24.2. The number of ether oxygens (including phenoxy) is 1. The zero-order chi connectivity index (χ0) is 29.6. The predicted octanol–water partition coefficient (Wildman–Crippen LogP) is 2.89. The third-order valence-electron chi connectivity index (χ3n) is 6.98. The molecule has 40 heavy (non-hydrogen) atoms. The van der Waals surface area contributed by atoms with Crippen LogP contribution < -0.4 is 16.5 Å². The number of nitrogens with one attached hydrogen (secondary N) is 2. The Labute approximate surface area is 235 Å². The van der Waals surface area contributed by atoms with E-state index in [4.69, 9.17) is 10.5 Å². The van der Waals surface area contributed by atoms with Crippen LogP contribution in [0.3, 0.4) is 0 Å². The number of rotatable bonds is 10. The lowest BCUT2D eigenvalue weighted by atomic mass is 9.92. The summed E-state index contributed by atoms with van der Waals surface area (Å²) in [6.07, 6.45) is 4.48. The van der Waals surface area contributed by atoms with Crippen LogP contribution >= 0.6 is 0 Å². The Bertz CT molecular complexity index is 1290. The number of nitrogens with two attached hydrogens (primary N) is 1. The highest BCUT2D eigenvalue weighted by Crippen LogP contribution is 2.25. The Morgan fingerprint density at radius 1 is 1.20 bits per heavy atom. The van der Waals surface area contributed by atoms with E-state index in [9.17, 15) is 19.2 Å². The van der Waals surface area contributed by atoms with Gasteiger partial charge in [-0.25, -0.2) is 5.43 Å². The van der Waals surface area contributed by atoms with Gasteiger partial charge in [-0.05, 0) is 63.6 Å². The molecule has 0 spiro atoms. The summed E-state index contributed by atoms with van der Waals surface area (Å²) in [6, 6.07) is 8.43. The fraction of sp³-hybridized carbons (Fsp3) is 0.500. The number of esters is 1. The van der Waals surface area contributed by atoms with Crippen molar-refractivity contribution in [2.45, 2.75) is 79.0 Å². The Morgan fingerprint density at radius 2 is 1.90 bits per heavy atom. The summed E-state index contributed by atoms with van der Waals surface area (Å²) in [5.41, 5.74) is 9.94. The van der Waals surface area contributed by atoms with Crippen LogP contribution in [0.1, 0.15) is 65.6 Å². The molecule has 10 nitrogen and oxygen atoms in total. The molecule has 3 rings (SSSR count). The number of carbonyl (C=O) groups excluding carboxylic acids is 4. The number of carbonyl (C=O) groups is 4. The molecular weight excluding hydrogens is 510 g/mol. The van der Waals surface area contributed by atoms with Crippen LogP contribution in [0.25, 0.3) is 17.0 Å². The van der Waals surface area contributed by atoms with Gasteiger partial charge in [-0.15, -0.1) is 0 Å². The van der Waals surface area contributed by atoms with Gasteiger partial charge in [0, 0.05) is 17.6 Å². The molecule has 1 unspecified atom stereocenters. The molecule has 0 radical (unpaired) electrons. The molecule has 2 aromatic rings. The fourth-order valence-electron chi connectivity index (χ4n) is 4.35. The van der Waals surface area contributed by atoms with Crippen LogP contribution in [0, 0.1) is 11.3 Å². The highest BCUT2D eigenvalue weighted by Gasteiger charge is 2.35. The minimum atomic E-state index is -1.10. The van der Waals surface area contributed by atoms with Crippen molar-refractivity contribution in [1.29, 1.82) is 0 Å². The number of aromatic nitrogens is 1. The molecule has 3 amide bonds. The van der Waals surface area contributed by atoms with Gasteiger partial charge < -0.3 is 15.8 Å². The molecule has 1 fully saturated rings. The van der Waals surface area contributed by atoms with E-state index >= 15 is 0 Å². The summed E-state index contributed by atoms with van der Waals surface area (Å²) in [4.78, 5) is 55.3. The SMILES string of the molecule is CCc1ccc2ccc(/C=C/C(C)(C)C(=O)OC(C(=O)N[C@@H](C)C(=O)N3CCC[C@@H](C(N)=O)N3)C(C)C)cc2n1. The molecular formula is C30H41N5O5. The minimum absolute atomic E-state index is 0.335. The zero-order valence-corrected chi connectivity index (χ0v) is 24.2. The van der Waals surface area contributed by atoms with E-state index in [0.29, 0.717) is 19.4 Å². The van der Waals surface area contributed by atoms with Crippen molar-refractivity contribution in [2.75, 3.05) is 6.54 Å². The topological polar surface area (TPSA) is 144 Å². The van der Waals surface area contributed by atoms with E-state index in [1.807, 2.05) is 36.4 Å². The molecule has 216 valence electrons. The lowest BCUT2D eigenvalue weighted by molar-refractivity contribution is -0.165. The second kappa shape index (κ2) is 13.0. The minimum Gasteiger partial charge on any atom is -0.451 e. The number of aryl methyl sites for hydroxylation is 1. The molecule has 1 saturated heterocycles. The molecule has 4 N–H and O–H groups in total. The molecule has 0 saturated carbocycles. The van der Waals surface area contributed by atoms with E-state index in [1.165, 1.54) is 5.01 Å². The molecule has 0 aliphatic carbocycles. The van der Waals surface area contributed by atoms with Gasteiger partial charge in [0.1, 0.15) is 12.1 Å². The first kappa shape index (κ1) is 30.7. The number of hydrogen-bond acceptors (Lipinski definition) is 7. The summed E-state index contributed by atoms with van der Waals surface area (Å²) in [5, 5.41) is 5.00. The maximum Gasteiger partial charge on any atom is 0.316 e. The van der Waals surface area contributed by atoms with E-state index in [1.54, 1.807) is 40.7 Å². The number of hydrazine groups is 1. The van der Waals surface area contributed by atoms with Crippen LogP contribution in [-0.2, 0) is 30.3 Å². The average Bonchev–Trinajstić information content (AvgIpc) is 2.93. The van der Waals surface area contributed by atoms with Crippen LogP contribution in [0.5, 0.6) is 0 Å². The van der Waals surface area contributed by atoms with Gasteiger partial charge in [-0.1, -0.05) is 51.1 Å². The lowest BCUT2D eigenvalue weighted by Crippen LogP contribution is -2.60. The Morgan fingerprint density at radius 3 is 2.55 bits per heavy atom. The van der Waals surface area contributed by atoms with Gasteiger partial charge in [0.25, 0.3) is 11.8 Å². The van der Waals surface area contributed by atoms with Crippen molar-refractivity contribution in [3.8, 4) is 0 Å². The summed E-state index contributed by atoms with van der Waals surface area (Å²) < 4.78 is 5.69. The van der Waals surface area contributed by atoms with E-state index < -0.39 is 47.3 Å². The van der Waals surface area contributed by atoms with Crippen molar-refractivity contribution in [1.82, 2.24) is 20.7 Å². The van der Waals surface area contributed by atoms with Gasteiger partial charge in [0.2, 0.25) is 5.91 Å². The number of fused-ring (bicyclic) bond motifs is 1. The Balaban J connectivity index is 1.65. The van der Waals surface area contributed by atoms with Crippen molar-refractivity contribution in [3.05, 3.63) is 47.7 Å². The predicted molar refractivity (Wildman–Crippen MR) is 153 cm³/mol. The standard InChI is InChI=1S/C30H41N5O5/c1-7-22-13-12-21-11-10-20(17-24(21)33-22)14-15-30(5,6)29(39)40-25(18(2)3)27(37)32-19(4)28(38)35-16-8-9-23(34-35)26(31)36/h10-15,17-19,23,25,34H,7-9,16H2,1-6H3,(H2,31,36)(H,32,37)/b15-14+/t19-,23-,25?/m0/s1. The number of amides is 3. The van der Waals surface area contributed by atoms with Crippen LogP contribution in [0.4, 0.5) is 0 Å². The second-order valence-electron chi connectivity index (χ2n) is 11.2. The maximum absolute atomic E-state index is 13.2. The summed E-state index contributed by atoms with van der Waals surface area (Å²) in [6.45, 7) is 11.0. The molecule has 2 heterocycles. The highest BCUT2D eigenvalue weighted by atomic mass is 16.5. The van der Waals surface area contributed by atoms with Crippen LogP contribution in [0.2, 0.25) is 0 Å². The third kappa shape index (κ3) is 7.65. The third-order valence-corrected chi connectivity index (χ3v) is 6.98. The molecule has 1 aromatic heterocycles. The van der Waals surface area contributed by atoms with Gasteiger partial charge in [0.15, 0.2) is 6.10 Å². The number of benzene rings is 1. The van der Waals surface area contributed by atoms with Crippen LogP contribution in [-0.4, -0.2) is 58.4 Å². The van der Waals surface area contributed by atoms with Gasteiger partial charge in [-0.2, -0.15) is 0 Å². The highest BCUT2D eigenvalue weighted by molar-refractivity contribution is 5.91. The van der Waals surface area contributed by atoms with E-state index in [-0.39, 0.29) is 5.92 Å². The first-order valence-corrected chi connectivity index (χ1v) is 13.8. The van der Waals surface area contributed by atoms with E-state index in [2.05, 4.69) is 22.7 Å².